The number of carbonyl (C=O) groups excluding carboxylic acids is 1. The van der Waals surface area contributed by atoms with Gasteiger partial charge in [-0.05, 0) is 66.8 Å². The van der Waals surface area contributed by atoms with Crippen LogP contribution in [0.4, 0.5) is 0 Å². The van der Waals surface area contributed by atoms with Gasteiger partial charge in [-0.2, -0.15) is 0 Å². The van der Waals surface area contributed by atoms with Gasteiger partial charge in [0.05, 0.1) is 24.7 Å². The minimum atomic E-state index is -3.70. The summed E-state index contributed by atoms with van der Waals surface area (Å²) < 4.78 is 38.3. The summed E-state index contributed by atoms with van der Waals surface area (Å²) >= 11 is 0. The molecule has 0 amide bonds. The maximum atomic E-state index is 12.8. The van der Waals surface area contributed by atoms with E-state index in [0.29, 0.717) is 23.3 Å². The highest BCUT2D eigenvalue weighted by atomic mass is 32.2. The minimum Gasteiger partial charge on any atom is -0.497 e. The van der Waals surface area contributed by atoms with Gasteiger partial charge in [-0.1, -0.05) is 6.07 Å². The van der Waals surface area contributed by atoms with Crippen LogP contribution in [0, 0.1) is 6.92 Å². The second kappa shape index (κ2) is 7.09. The lowest BCUT2D eigenvalue weighted by atomic mass is 10.0. The predicted molar refractivity (Wildman–Crippen MR) is 96.9 cm³/mol. The lowest BCUT2D eigenvalue weighted by Crippen LogP contribution is -2.28. The summed E-state index contributed by atoms with van der Waals surface area (Å²) in [6.45, 7) is 1.73. The number of ether oxygens (including phenoxy) is 2. The molecule has 0 aromatic heterocycles. The van der Waals surface area contributed by atoms with Gasteiger partial charge in [-0.3, -0.25) is 0 Å². The van der Waals surface area contributed by atoms with Crippen LogP contribution in [0.25, 0.3) is 0 Å². The molecule has 0 heterocycles. The molecule has 0 spiro atoms. The second-order valence-electron chi connectivity index (χ2n) is 6.25. The van der Waals surface area contributed by atoms with Crippen LogP contribution in [0.3, 0.4) is 0 Å². The molecular weight excluding hydrogens is 354 g/mol. The summed E-state index contributed by atoms with van der Waals surface area (Å²) in [5.41, 5.74) is 2.89. The third-order valence-electron chi connectivity index (χ3n) is 4.61. The number of carbonyl (C=O) groups is 1. The van der Waals surface area contributed by atoms with Gasteiger partial charge in [-0.25, -0.2) is 17.9 Å². The van der Waals surface area contributed by atoms with Crippen molar-refractivity contribution in [1.82, 2.24) is 4.72 Å². The lowest BCUT2D eigenvalue weighted by Gasteiger charge is -2.16. The number of methoxy groups -OCH3 is 2. The first-order valence-corrected chi connectivity index (χ1v) is 9.72. The molecule has 0 unspecified atom stereocenters. The van der Waals surface area contributed by atoms with Gasteiger partial charge in [-0.15, -0.1) is 0 Å². The Bertz CT molecular complexity index is 952. The van der Waals surface area contributed by atoms with Crippen molar-refractivity contribution in [2.75, 3.05) is 14.2 Å². The molecule has 2 aromatic carbocycles. The molecule has 26 heavy (non-hydrogen) atoms. The zero-order valence-corrected chi connectivity index (χ0v) is 15.7. The van der Waals surface area contributed by atoms with Gasteiger partial charge in [0.2, 0.25) is 10.0 Å². The van der Waals surface area contributed by atoms with E-state index >= 15 is 0 Å². The van der Waals surface area contributed by atoms with E-state index in [2.05, 4.69) is 4.72 Å². The first-order chi connectivity index (χ1) is 12.4. The molecule has 0 fully saturated rings. The Balaban J connectivity index is 1.90. The molecule has 1 aliphatic rings. The van der Waals surface area contributed by atoms with E-state index in [4.69, 9.17) is 9.47 Å². The molecule has 1 aliphatic carbocycles. The van der Waals surface area contributed by atoms with Crippen LogP contribution in [0.15, 0.2) is 41.3 Å². The number of rotatable bonds is 5. The van der Waals surface area contributed by atoms with Crippen LogP contribution in [-0.4, -0.2) is 28.6 Å². The van der Waals surface area contributed by atoms with Crippen molar-refractivity contribution in [3.8, 4) is 5.75 Å². The SMILES string of the molecule is COC(=O)c1ccc2c(c1)[C@H](NS(=O)(=O)c1ccc(OC)cc1C)CC2. The molecule has 7 heteroatoms. The summed E-state index contributed by atoms with van der Waals surface area (Å²) in [5.74, 6) is 0.169. The molecule has 0 aliphatic heterocycles. The molecule has 0 bridgehead atoms. The lowest BCUT2D eigenvalue weighted by molar-refractivity contribution is 0.0600. The van der Waals surface area contributed by atoms with Gasteiger partial charge < -0.3 is 9.47 Å². The predicted octanol–water partition coefficient (Wildman–Crippen LogP) is 2.76. The number of hydrogen-bond acceptors (Lipinski definition) is 5. The highest BCUT2D eigenvalue weighted by molar-refractivity contribution is 7.89. The normalized spacial score (nSPS) is 16.2. The Hall–Kier alpha value is -2.38. The first kappa shape index (κ1) is 18.4. The molecule has 6 nitrogen and oxygen atoms in total. The fraction of sp³-hybridized carbons (Fsp3) is 0.316. The van der Waals surface area contributed by atoms with Crippen molar-refractivity contribution in [2.24, 2.45) is 0 Å². The first-order valence-electron chi connectivity index (χ1n) is 8.24. The van der Waals surface area contributed by atoms with Crippen LogP contribution in [-0.2, 0) is 21.2 Å². The van der Waals surface area contributed by atoms with Gasteiger partial charge in [0.1, 0.15) is 5.75 Å². The van der Waals surface area contributed by atoms with Crippen molar-refractivity contribution in [3.63, 3.8) is 0 Å². The number of nitrogens with one attached hydrogen (secondary N) is 1. The standard InChI is InChI=1S/C19H21NO5S/c1-12-10-15(24-2)7-9-18(12)26(22,23)20-17-8-6-13-4-5-14(11-16(13)17)19(21)25-3/h4-5,7,9-11,17,20H,6,8H2,1-3H3/t17-/m1/s1. The Morgan fingerprint density at radius 2 is 1.92 bits per heavy atom. The number of esters is 1. The van der Waals surface area contributed by atoms with E-state index in [1.54, 1.807) is 31.2 Å². The average Bonchev–Trinajstić information content (AvgIpc) is 3.02. The van der Waals surface area contributed by atoms with Crippen molar-refractivity contribution < 1.29 is 22.7 Å². The van der Waals surface area contributed by atoms with E-state index < -0.39 is 16.0 Å². The van der Waals surface area contributed by atoms with Crippen LogP contribution < -0.4 is 9.46 Å². The van der Waals surface area contributed by atoms with Gasteiger partial charge in [0, 0.05) is 6.04 Å². The summed E-state index contributed by atoms with van der Waals surface area (Å²) in [4.78, 5) is 12.0. The minimum absolute atomic E-state index is 0.218. The van der Waals surface area contributed by atoms with E-state index in [1.165, 1.54) is 20.3 Å². The number of hydrogen-bond donors (Lipinski definition) is 1. The molecule has 0 saturated carbocycles. The van der Waals surface area contributed by atoms with Gasteiger partial charge in [0.15, 0.2) is 0 Å². The van der Waals surface area contributed by atoms with E-state index in [-0.39, 0.29) is 10.9 Å². The molecule has 0 radical (unpaired) electrons. The molecule has 1 N–H and O–H groups in total. The Kier molecular flexibility index (Phi) is 5.02. The summed E-state index contributed by atoms with van der Waals surface area (Å²) in [5, 5.41) is 0. The summed E-state index contributed by atoms with van der Waals surface area (Å²) in [6.07, 6.45) is 1.40. The van der Waals surface area contributed by atoms with Gasteiger partial charge >= 0.3 is 5.97 Å². The number of aryl methyl sites for hydroxylation is 2. The summed E-state index contributed by atoms with van der Waals surface area (Å²) in [7, 11) is -0.844. The van der Waals surface area contributed by atoms with Crippen LogP contribution in [0.5, 0.6) is 5.75 Å². The third-order valence-corrected chi connectivity index (χ3v) is 6.25. The molecule has 3 rings (SSSR count). The largest absolute Gasteiger partial charge is 0.497 e. The highest BCUT2D eigenvalue weighted by Gasteiger charge is 2.29. The third kappa shape index (κ3) is 3.45. The monoisotopic (exact) mass is 375 g/mol. The quantitative estimate of drug-likeness (QED) is 0.813. The second-order valence-corrected chi connectivity index (χ2v) is 7.93. The number of benzene rings is 2. The van der Waals surface area contributed by atoms with Crippen molar-refractivity contribution in [1.29, 1.82) is 0 Å². The number of fused-ring (bicyclic) bond motifs is 1. The Morgan fingerprint density at radius 1 is 1.15 bits per heavy atom. The van der Waals surface area contributed by atoms with Crippen LogP contribution in [0.1, 0.15) is 39.5 Å². The Morgan fingerprint density at radius 3 is 2.58 bits per heavy atom. The Labute approximate surface area is 153 Å². The maximum absolute atomic E-state index is 12.8. The summed E-state index contributed by atoms with van der Waals surface area (Å²) in [6, 6.07) is 9.75. The maximum Gasteiger partial charge on any atom is 0.337 e. The molecule has 0 saturated heterocycles. The fourth-order valence-electron chi connectivity index (χ4n) is 3.27. The van der Waals surface area contributed by atoms with E-state index in [9.17, 15) is 13.2 Å². The molecular formula is C19H21NO5S. The van der Waals surface area contributed by atoms with Crippen LogP contribution in [0.2, 0.25) is 0 Å². The van der Waals surface area contributed by atoms with Crippen LogP contribution >= 0.6 is 0 Å². The fourth-order valence-corrected chi connectivity index (χ4v) is 4.75. The zero-order chi connectivity index (χ0) is 18.9. The molecule has 2 aromatic rings. The average molecular weight is 375 g/mol. The zero-order valence-electron chi connectivity index (χ0n) is 14.9. The van der Waals surface area contributed by atoms with E-state index in [0.717, 1.165) is 17.5 Å². The molecule has 1 atom stereocenters. The van der Waals surface area contributed by atoms with Crippen molar-refractivity contribution in [2.45, 2.75) is 30.7 Å². The van der Waals surface area contributed by atoms with Gasteiger partial charge in [0.25, 0.3) is 0 Å². The topological polar surface area (TPSA) is 81.7 Å². The smallest absolute Gasteiger partial charge is 0.337 e. The van der Waals surface area contributed by atoms with Crippen molar-refractivity contribution in [3.05, 3.63) is 58.7 Å². The number of sulfonamides is 1. The highest BCUT2D eigenvalue weighted by Crippen LogP contribution is 2.33. The molecule has 138 valence electrons. The van der Waals surface area contributed by atoms with Crippen molar-refractivity contribution >= 4 is 16.0 Å². The van der Waals surface area contributed by atoms with E-state index in [1.807, 2.05) is 6.07 Å².